The highest BCUT2D eigenvalue weighted by Gasteiger charge is 2.15. The summed E-state index contributed by atoms with van der Waals surface area (Å²) < 4.78 is 2.00. The second-order valence-corrected chi connectivity index (χ2v) is 7.47. The SMILES string of the molecule is CCn1c(C(=O)NCC(C)C)cc2cc(NC(=O)c3ccc(C)cc3)ccc21. The van der Waals surface area contributed by atoms with Crippen LogP contribution in [0.15, 0.2) is 48.5 Å². The molecule has 0 bridgehead atoms. The molecule has 5 nitrogen and oxygen atoms in total. The predicted molar refractivity (Wildman–Crippen MR) is 114 cm³/mol. The first-order valence-corrected chi connectivity index (χ1v) is 9.68. The highest BCUT2D eigenvalue weighted by atomic mass is 16.2. The third kappa shape index (κ3) is 4.25. The van der Waals surface area contributed by atoms with E-state index in [1.54, 1.807) is 0 Å². The fraction of sp³-hybridized carbons (Fsp3) is 0.304. The van der Waals surface area contributed by atoms with Crippen molar-refractivity contribution in [2.45, 2.75) is 34.2 Å². The van der Waals surface area contributed by atoms with Gasteiger partial charge in [-0.05, 0) is 56.2 Å². The number of nitrogens with zero attached hydrogens (tertiary/aromatic N) is 1. The van der Waals surface area contributed by atoms with Crippen LogP contribution < -0.4 is 10.6 Å². The molecule has 2 amide bonds. The molecular weight excluding hydrogens is 350 g/mol. The number of anilines is 1. The summed E-state index contributed by atoms with van der Waals surface area (Å²) in [5.41, 5.74) is 4.05. The van der Waals surface area contributed by atoms with Crippen molar-refractivity contribution in [2.75, 3.05) is 11.9 Å². The lowest BCUT2D eigenvalue weighted by molar-refractivity contribution is 0.0939. The van der Waals surface area contributed by atoms with E-state index in [2.05, 4.69) is 24.5 Å². The number of benzene rings is 2. The molecule has 0 atom stereocenters. The number of hydrogen-bond donors (Lipinski definition) is 2. The smallest absolute Gasteiger partial charge is 0.267 e. The molecule has 0 fully saturated rings. The first-order chi connectivity index (χ1) is 13.4. The lowest BCUT2D eigenvalue weighted by Crippen LogP contribution is -2.29. The molecule has 0 aliphatic carbocycles. The summed E-state index contributed by atoms with van der Waals surface area (Å²) in [6, 6.07) is 15.1. The molecule has 5 heteroatoms. The van der Waals surface area contributed by atoms with Gasteiger partial charge in [0.2, 0.25) is 0 Å². The van der Waals surface area contributed by atoms with Gasteiger partial charge >= 0.3 is 0 Å². The highest BCUT2D eigenvalue weighted by Crippen LogP contribution is 2.24. The number of nitrogens with one attached hydrogen (secondary N) is 2. The molecule has 3 aromatic rings. The Balaban J connectivity index is 1.85. The number of carbonyl (C=O) groups is 2. The van der Waals surface area contributed by atoms with Crippen molar-refractivity contribution in [3.05, 3.63) is 65.4 Å². The normalized spacial score (nSPS) is 11.0. The van der Waals surface area contributed by atoms with Gasteiger partial charge in [0.05, 0.1) is 0 Å². The monoisotopic (exact) mass is 377 g/mol. The van der Waals surface area contributed by atoms with E-state index in [0.29, 0.717) is 36.0 Å². The summed E-state index contributed by atoms with van der Waals surface area (Å²) in [4.78, 5) is 25.0. The van der Waals surface area contributed by atoms with Gasteiger partial charge in [0, 0.05) is 35.2 Å². The largest absolute Gasteiger partial charge is 0.351 e. The Morgan fingerprint density at radius 2 is 1.71 bits per heavy atom. The first-order valence-electron chi connectivity index (χ1n) is 9.68. The summed E-state index contributed by atoms with van der Waals surface area (Å²) in [5, 5.41) is 6.84. The van der Waals surface area contributed by atoms with Crippen LogP contribution in [-0.2, 0) is 6.54 Å². The van der Waals surface area contributed by atoms with Crippen LogP contribution in [0.4, 0.5) is 5.69 Å². The zero-order valence-electron chi connectivity index (χ0n) is 16.9. The number of hydrogen-bond acceptors (Lipinski definition) is 2. The van der Waals surface area contributed by atoms with Gasteiger partial charge in [-0.25, -0.2) is 0 Å². The van der Waals surface area contributed by atoms with Crippen molar-refractivity contribution >= 4 is 28.4 Å². The maximum Gasteiger partial charge on any atom is 0.267 e. The molecule has 0 radical (unpaired) electrons. The lowest BCUT2D eigenvalue weighted by Gasteiger charge is -2.10. The van der Waals surface area contributed by atoms with Crippen LogP contribution in [0, 0.1) is 12.8 Å². The van der Waals surface area contributed by atoms with E-state index in [4.69, 9.17) is 0 Å². The maximum absolute atomic E-state index is 12.6. The number of aromatic nitrogens is 1. The van der Waals surface area contributed by atoms with Gasteiger partial charge in [-0.3, -0.25) is 9.59 Å². The molecule has 1 heterocycles. The number of amides is 2. The highest BCUT2D eigenvalue weighted by molar-refractivity contribution is 6.06. The van der Waals surface area contributed by atoms with Crippen LogP contribution in [-0.4, -0.2) is 22.9 Å². The Labute approximate surface area is 165 Å². The van der Waals surface area contributed by atoms with Gasteiger partial charge in [-0.15, -0.1) is 0 Å². The second-order valence-electron chi connectivity index (χ2n) is 7.47. The topological polar surface area (TPSA) is 63.1 Å². The Kier molecular flexibility index (Phi) is 5.83. The molecule has 3 rings (SSSR count). The Bertz CT molecular complexity index is 1000. The van der Waals surface area contributed by atoms with Gasteiger partial charge < -0.3 is 15.2 Å². The van der Waals surface area contributed by atoms with Gasteiger partial charge in [0.15, 0.2) is 0 Å². The number of carbonyl (C=O) groups excluding carboxylic acids is 2. The standard InChI is InChI=1S/C23H27N3O2/c1-5-26-20-11-10-19(25-22(27)17-8-6-16(4)7-9-17)12-18(20)13-21(26)23(28)24-14-15(2)3/h6-13,15H,5,14H2,1-4H3,(H,24,28)(H,25,27). The minimum atomic E-state index is -0.149. The molecule has 146 valence electrons. The molecule has 28 heavy (non-hydrogen) atoms. The number of fused-ring (bicyclic) bond motifs is 1. The van der Waals surface area contributed by atoms with E-state index in [9.17, 15) is 9.59 Å². The zero-order chi connectivity index (χ0) is 20.3. The fourth-order valence-electron chi connectivity index (χ4n) is 3.17. The van der Waals surface area contributed by atoms with Crippen LogP contribution >= 0.6 is 0 Å². The third-order valence-electron chi connectivity index (χ3n) is 4.69. The van der Waals surface area contributed by atoms with Gasteiger partial charge in [-0.1, -0.05) is 31.5 Å². The Hall–Kier alpha value is -3.08. The van der Waals surface area contributed by atoms with Crippen molar-refractivity contribution in [2.24, 2.45) is 5.92 Å². The minimum absolute atomic E-state index is 0.0722. The van der Waals surface area contributed by atoms with Crippen molar-refractivity contribution in [1.82, 2.24) is 9.88 Å². The maximum atomic E-state index is 12.6. The van der Waals surface area contributed by atoms with Crippen molar-refractivity contribution in [3.63, 3.8) is 0 Å². The number of aryl methyl sites for hydroxylation is 2. The van der Waals surface area contributed by atoms with Crippen LogP contribution in [0.25, 0.3) is 10.9 Å². The summed E-state index contributed by atoms with van der Waals surface area (Å²) in [5.74, 6) is 0.174. The van der Waals surface area contributed by atoms with Crippen LogP contribution in [0.1, 0.15) is 47.2 Å². The number of rotatable bonds is 6. The van der Waals surface area contributed by atoms with E-state index in [1.807, 2.05) is 66.9 Å². The summed E-state index contributed by atoms with van der Waals surface area (Å²) in [6.07, 6.45) is 0. The fourth-order valence-corrected chi connectivity index (χ4v) is 3.17. The van der Waals surface area contributed by atoms with Crippen molar-refractivity contribution in [1.29, 1.82) is 0 Å². The molecular formula is C23H27N3O2. The molecule has 0 spiro atoms. The first kappa shape index (κ1) is 19.7. The summed E-state index contributed by atoms with van der Waals surface area (Å²) >= 11 is 0. The second kappa shape index (κ2) is 8.30. The molecule has 0 saturated carbocycles. The molecule has 0 aliphatic heterocycles. The van der Waals surface area contributed by atoms with E-state index in [0.717, 1.165) is 16.5 Å². The third-order valence-corrected chi connectivity index (χ3v) is 4.69. The van der Waals surface area contributed by atoms with E-state index < -0.39 is 0 Å². The van der Waals surface area contributed by atoms with E-state index >= 15 is 0 Å². The van der Waals surface area contributed by atoms with Crippen LogP contribution in [0.5, 0.6) is 0 Å². The average Bonchev–Trinajstić information content (AvgIpc) is 3.04. The molecule has 1 aromatic heterocycles. The quantitative estimate of drug-likeness (QED) is 0.659. The molecule has 0 saturated heterocycles. The van der Waals surface area contributed by atoms with Crippen LogP contribution in [0.2, 0.25) is 0 Å². The van der Waals surface area contributed by atoms with E-state index in [-0.39, 0.29) is 11.8 Å². The Morgan fingerprint density at radius 3 is 2.36 bits per heavy atom. The zero-order valence-corrected chi connectivity index (χ0v) is 16.9. The lowest BCUT2D eigenvalue weighted by atomic mass is 10.1. The summed E-state index contributed by atoms with van der Waals surface area (Å²) in [7, 11) is 0. The Morgan fingerprint density at radius 1 is 1.00 bits per heavy atom. The minimum Gasteiger partial charge on any atom is -0.351 e. The van der Waals surface area contributed by atoms with Crippen LogP contribution in [0.3, 0.4) is 0 Å². The molecule has 2 N–H and O–H groups in total. The molecule has 0 aliphatic rings. The average molecular weight is 377 g/mol. The van der Waals surface area contributed by atoms with Crippen molar-refractivity contribution in [3.8, 4) is 0 Å². The van der Waals surface area contributed by atoms with Crippen molar-refractivity contribution < 1.29 is 9.59 Å². The van der Waals surface area contributed by atoms with Gasteiger partial charge in [0.1, 0.15) is 5.69 Å². The van der Waals surface area contributed by atoms with E-state index in [1.165, 1.54) is 0 Å². The van der Waals surface area contributed by atoms with Gasteiger partial charge in [0.25, 0.3) is 11.8 Å². The predicted octanol–water partition coefficient (Wildman–Crippen LogP) is 4.61. The molecule has 2 aromatic carbocycles. The summed E-state index contributed by atoms with van der Waals surface area (Å²) in [6.45, 7) is 9.48. The molecule has 0 unspecified atom stereocenters. The van der Waals surface area contributed by atoms with Gasteiger partial charge in [-0.2, -0.15) is 0 Å².